The highest BCUT2D eigenvalue weighted by molar-refractivity contribution is 5.75. The Morgan fingerprint density at radius 1 is 1.07 bits per heavy atom. The summed E-state index contributed by atoms with van der Waals surface area (Å²) < 4.78 is 32.8. The van der Waals surface area contributed by atoms with Crippen molar-refractivity contribution in [1.29, 1.82) is 5.26 Å². The predicted molar refractivity (Wildman–Crippen MR) is 114 cm³/mol. The van der Waals surface area contributed by atoms with Gasteiger partial charge in [0.05, 0.1) is 23.0 Å². The minimum atomic E-state index is -0.674. The number of hydrogen-bond acceptors (Lipinski definition) is 4. The summed E-state index contributed by atoms with van der Waals surface area (Å²) in [6, 6.07) is 11.4. The van der Waals surface area contributed by atoms with Gasteiger partial charge in [0.2, 0.25) is 0 Å². The Morgan fingerprint density at radius 3 is 2.57 bits per heavy atom. The monoisotopic (exact) mass is 407 g/mol. The van der Waals surface area contributed by atoms with E-state index in [2.05, 4.69) is 34.2 Å². The zero-order valence-electron chi connectivity index (χ0n) is 16.8. The number of rotatable bonds is 4. The first-order valence-corrected chi connectivity index (χ1v) is 10.1. The lowest BCUT2D eigenvalue weighted by molar-refractivity contribution is 0.163. The molecule has 4 nitrogen and oxygen atoms in total. The Kier molecular flexibility index (Phi) is 5.71. The number of nitrogens with zero attached hydrogens (tertiary/aromatic N) is 3. The summed E-state index contributed by atoms with van der Waals surface area (Å²) in [6.45, 7) is 4.30. The molecule has 154 valence electrons. The lowest BCUT2D eigenvalue weighted by atomic mass is 10.0. The van der Waals surface area contributed by atoms with E-state index in [1.165, 1.54) is 12.1 Å². The van der Waals surface area contributed by atoms with Gasteiger partial charge in [-0.25, -0.2) is 8.78 Å². The third kappa shape index (κ3) is 4.30. The summed E-state index contributed by atoms with van der Waals surface area (Å²) in [6.07, 6.45) is 7.61. The molecule has 0 amide bonds. The molecule has 2 aliphatic rings. The Balaban J connectivity index is 1.49. The molecule has 4 rings (SSSR count). The van der Waals surface area contributed by atoms with Crippen molar-refractivity contribution in [2.45, 2.75) is 25.9 Å². The molecule has 0 bridgehead atoms. The number of ether oxygens (including phenoxy) is 1. The molecule has 2 aliphatic heterocycles. The van der Waals surface area contributed by atoms with Crippen molar-refractivity contribution in [2.24, 2.45) is 0 Å². The van der Waals surface area contributed by atoms with Crippen LogP contribution in [0.1, 0.15) is 25.3 Å². The first kappa shape index (κ1) is 20.0. The molecule has 0 radical (unpaired) electrons. The molecule has 0 aromatic heterocycles. The summed E-state index contributed by atoms with van der Waals surface area (Å²) in [4.78, 5) is 4.43. The molecule has 0 unspecified atom stereocenters. The molecule has 0 N–H and O–H groups in total. The largest absolute Gasteiger partial charge is 0.487 e. The van der Waals surface area contributed by atoms with Gasteiger partial charge in [0.15, 0.2) is 11.6 Å². The van der Waals surface area contributed by atoms with Gasteiger partial charge in [0, 0.05) is 44.7 Å². The Labute approximate surface area is 175 Å². The van der Waals surface area contributed by atoms with Crippen LogP contribution < -0.4 is 14.5 Å². The first-order valence-electron chi connectivity index (χ1n) is 10.1. The minimum absolute atomic E-state index is 0.0922. The van der Waals surface area contributed by atoms with E-state index in [4.69, 9.17) is 4.74 Å². The van der Waals surface area contributed by atoms with E-state index in [0.717, 1.165) is 55.5 Å². The normalized spacial score (nSPS) is 16.9. The maximum Gasteiger partial charge on any atom is 0.167 e. The quantitative estimate of drug-likeness (QED) is 0.702. The van der Waals surface area contributed by atoms with Gasteiger partial charge in [-0.2, -0.15) is 5.26 Å². The fourth-order valence-corrected chi connectivity index (χ4v) is 3.92. The molecule has 2 aromatic rings. The van der Waals surface area contributed by atoms with Crippen LogP contribution in [0.25, 0.3) is 0 Å². The molecule has 30 heavy (non-hydrogen) atoms. The second-order valence-corrected chi connectivity index (χ2v) is 7.62. The van der Waals surface area contributed by atoms with Crippen LogP contribution in [0.3, 0.4) is 0 Å². The van der Waals surface area contributed by atoms with Gasteiger partial charge in [-0.05, 0) is 42.8 Å². The first-order chi connectivity index (χ1) is 14.5. The van der Waals surface area contributed by atoms with E-state index in [-0.39, 0.29) is 11.9 Å². The highest BCUT2D eigenvalue weighted by atomic mass is 19.1. The van der Waals surface area contributed by atoms with Crippen LogP contribution in [0.2, 0.25) is 0 Å². The smallest absolute Gasteiger partial charge is 0.167 e. The number of nitriles is 1. The zero-order valence-corrected chi connectivity index (χ0v) is 16.8. The van der Waals surface area contributed by atoms with E-state index < -0.39 is 11.6 Å². The van der Waals surface area contributed by atoms with Crippen molar-refractivity contribution in [2.75, 3.05) is 29.4 Å². The van der Waals surface area contributed by atoms with Crippen molar-refractivity contribution in [1.82, 2.24) is 0 Å². The van der Waals surface area contributed by atoms with Crippen LogP contribution in [0.15, 0.2) is 60.3 Å². The number of halogens is 2. The van der Waals surface area contributed by atoms with Crippen LogP contribution in [-0.4, -0.2) is 25.7 Å². The van der Waals surface area contributed by atoms with Gasteiger partial charge in [-0.1, -0.05) is 12.2 Å². The number of benzene rings is 2. The van der Waals surface area contributed by atoms with Gasteiger partial charge in [-0.3, -0.25) is 0 Å². The Hall–Kier alpha value is -3.33. The second kappa shape index (κ2) is 8.58. The zero-order chi connectivity index (χ0) is 21.1. The highest BCUT2D eigenvalue weighted by Crippen LogP contribution is 2.34. The van der Waals surface area contributed by atoms with Gasteiger partial charge in [0.25, 0.3) is 0 Å². The van der Waals surface area contributed by atoms with Crippen LogP contribution >= 0.6 is 0 Å². The van der Waals surface area contributed by atoms with Crippen molar-refractivity contribution in [3.63, 3.8) is 0 Å². The van der Waals surface area contributed by atoms with Crippen molar-refractivity contribution >= 4 is 11.4 Å². The van der Waals surface area contributed by atoms with Gasteiger partial charge >= 0.3 is 0 Å². The topological polar surface area (TPSA) is 39.5 Å². The summed E-state index contributed by atoms with van der Waals surface area (Å²) in [7, 11) is 0. The standard InChI is InChI=1S/C24H23F2N3O/c1-17-3-2-10-29(16-17)23-13-18(15-27)4-6-22(23)28-11-8-20(9-12-28)30-24-7-5-19(25)14-21(24)26/h2-7,13-14,16,20H,8-12H2,1H3. The van der Waals surface area contributed by atoms with E-state index >= 15 is 0 Å². The van der Waals surface area contributed by atoms with E-state index in [1.54, 1.807) is 0 Å². The Morgan fingerprint density at radius 2 is 1.87 bits per heavy atom. The third-order valence-corrected chi connectivity index (χ3v) is 5.43. The molecule has 2 aromatic carbocycles. The molecule has 0 spiro atoms. The summed E-state index contributed by atoms with van der Waals surface area (Å²) >= 11 is 0. The van der Waals surface area contributed by atoms with E-state index in [1.807, 2.05) is 25.1 Å². The average Bonchev–Trinajstić information content (AvgIpc) is 2.76. The molecule has 0 atom stereocenters. The number of piperidine rings is 1. The predicted octanol–water partition coefficient (Wildman–Crippen LogP) is 5.16. The molecule has 0 saturated carbocycles. The fraction of sp³-hybridized carbons (Fsp3) is 0.292. The second-order valence-electron chi connectivity index (χ2n) is 7.62. The molecule has 0 aliphatic carbocycles. The molecule has 6 heteroatoms. The van der Waals surface area contributed by atoms with Crippen LogP contribution in [0.4, 0.5) is 20.2 Å². The lowest BCUT2D eigenvalue weighted by Gasteiger charge is -2.36. The summed E-state index contributed by atoms with van der Waals surface area (Å²) in [5, 5.41) is 9.35. The minimum Gasteiger partial charge on any atom is -0.487 e. The molecule has 2 heterocycles. The van der Waals surface area contributed by atoms with Crippen LogP contribution in [-0.2, 0) is 0 Å². The number of allylic oxidation sites excluding steroid dienone is 2. The van der Waals surface area contributed by atoms with Crippen molar-refractivity contribution < 1.29 is 13.5 Å². The lowest BCUT2D eigenvalue weighted by Crippen LogP contribution is -2.39. The highest BCUT2D eigenvalue weighted by Gasteiger charge is 2.24. The molecule has 1 saturated heterocycles. The fourth-order valence-electron chi connectivity index (χ4n) is 3.92. The van der Waals surface area contributed by atoms with Crippen molar-refractivity contribution in [3.8, 4) is 11.8 Å². The average molecular weight is 407 g/mol. The number of anilines is 2. The van der Waals surface area contributed by atoms with Crippen molar-refractivity contribution in [3.05, 3.63) is 77.5 Å². The summed E-state index contributed by atoms with van der Waals surface area (Å²) in [5.41, 5.74) is 3.85. The van der Waals surface area contributed by atoms with Crippen LogP contribution in [0, 0.1) is 23.0 Å². The van der Waals surface area contributed by atoms with Gasteiger partial charge in [0.1, 0.15) is 11.9 Å². The van der Waals surface area contributed by atoms with Gasteiger partial charge in [-0.15, -0.1) is 0 Å². The third-order valence-electron chi connectivity index (χ3n) is 5.43. The Bertz CT molecular complexity index is 1030. The van der Waals surface area contributed by atoms with E-state index in [0.29, 0.717) is 5.56 Å². The maximum absolute atomic E-state index is 13.9. The SMILES string of the molecule is CC1=CN(c2cc(C#N)ccc2N2CCC(Oc3ccc(F)cc3F)CC2)CC=C1. The molecular formula is C24H23F2N3O. The van der Waals surface area contributed by atoms with Gasteiger partial charge < -0.3 is 14.5 Å². The van der Waals surface area contributed by atoms with Crippen LogP contribution in [0.5, 0.6) is 5.75 Å². The molecule has 1 fully saturated rings. The number of hydrogen-bond donors (Lipinski definition) is 0. The summed E-state index contributed by atoms with van der Waals surface area (Å²) in [5.74, 6) is -1.19. The van der Waals surface area contributed by atoms with E-state index in [9.17, 15) is 14.0 Å². The maximum atomic E-state index is 13.9. The molecular weight excluding hydrogens is 384 g/mol.